The van der Waals surface area contributed by atoms with Crippen LogP contribution in [0.5, 0.6) is 0 Å². The van der Waals surface area contributed by atoms with Crippen LogP contribution in [0.25, 0.3) is 0 Å². The Bertz CT molecular complexity index is 39.1. The lowest BCUT2D eigenvalue weighted by Gasteiger charge is -2.01. The molecule has 1 atom stereocenters. The molecular weight excluding hydrogens is 106 g/mol. The molecule has 0 heterocycles. The molecule has 0 aromatic carbocycles. The summed E-state index contributed by atoms with van der Waals surface area (Å²) in [7, 11) is 0. The van der Waals surface area contributed by atoms with Gasteiger partial charge in [-0.3, -0.25) is 0 Å². The molecule has 0 aliphatic heterocycles. The second kappa shape index (κ2) is 4.47. The molecule has 0 saturated heterocycles. The zero-order valence-electron chi connectivity index (χ0n) is 4.72. The van der Waals surface area contributed by atoms with E-state index in [2.05, 4.69) is 19.6 Å². The second-order valence-corrected chi connectivity index (χ2v) is 2.41. The van der Waals surface area contributed by atoms with Gasteiger partial charge in [0, 0.05) is 11.8 Å². The minimum Gasteiger partial charge on any atom is -0.329 e. The van der Waals surface area contributed by atoms with E-state index < -0.39 is 0 Å². The number of rotatable bonds is 3. The van der Waals surface area contributed by atoms with Gasteiger partial charge in [0.1, 0.15) is 0 Å². The van der Waals surface area contributed by atoms with Gasteiger partial charge in [-0.15, -0.1) is 0 Å². The fourth-order valence-corrected chi connectivity index (χ4v) is 0.709. The van der Waals surface area contributed by atoms with Gasteiger partial charge in [-0.2, -0.15) is 12.6 Å². The summed E-state index contributed by atoms with van der Waals surface area (Å²) >= 11 is 4.19. The van der Waals surface area contributed by atoms with Crippen molar-refractivity contribution in [3.8, 4) is 0 Å². The lowest BCUT2D eigenvalue weighted by atomic mass is 10.2. The fourth-order valence-electron chi connectivity index (χ4n) is 0.451. The molecule has 0 radical (unpaired) electrons. The van der Waals surface area contributed by atoms with Crippen LogP contribution < -0.4 is 5.73 Å². The van der Waals surface area contributed by atoms with E-state index in [-0.39, 0.29) is 0 Å². The Kier molecular flexibility index (Phi) is 4.67. The molecular formula is C5H13NS. The third-order valence-electron chi connectivity index (χ3n) is 0.894. The van der Waals surface area contributed by atoms with E-state index >= 15 is 0 Å². The van der Waals surface area contributed by atoms with E-state index in [1.54, 1.807) is 0 Å². The third kappa shape index (κ3) is 4.16. The number of thiol groups is 1. The molecule has 7 heavy (non-hydrogen) atoms. The van der Waals surface area contributed by atoms with Crippen molar-refractivity contribution in [2.75, 3.05) is 6.54 Å². The summed E-state index contributed by atoms with van der Waals surface area (Å²) in [6.45, 7) is 2.84. The van der Waals surface area contributed by atoms with Crippen LogP contribution >= 0.6 is 12.6 Å². The van der Waals surface area contributed by atoms with Crippen molar-refractivity contribution >= 4 is 12.6 Å². The van der Waals surface area contributed by atoms with E-state index in [0.717, 1.165) is 6.42 Å². The van der Waals surface area contributed by atoms with Crippen LogP contribution in [0.2, 0.25) is 0 Å². The predicted molar refractivity (Wildman–Crippen MR) is 36.7 cm³/mol. The molecule has 0 aromatic rings. The van der Waals surface area contributed by atoms with Gasteiger partial charge in [0.2, 0.25) is 0 Å². The minimum absolute atomic E-state index is 0.421. The van der Waals surface area contributed by atoms with Crippen molar-refractivity contribution < 1.29 is 0 Å². The SMILES string of the molecule is CCC[C@H](S)CN. The summed E-state index contributed by atoms with van der Waals surface area (Å²) in [5, 5.41) is 0.421. The van der Waals surface area contributed by atoms with E-state index in [4.69, 9.17) is 5.73 Å². The minimum atomic E-state index is 0.421. The van der Waals surface area contributed by atoms with Crippen molar-refractivity contribution in [1.29, 1.82) is 0 Å². The van der Waals surface area contributed by atoms with Crippen LogP contribution in [0.1, 0.15) is 19.8 Å². The van der Waals surface area contributed by atoms with Gasteiger partial charge in [-0.05, 0) is 6.42 Å². The predicted octanol–water partition coefficient (Wildman–Crippen LogP) is 1.04. The molecule has 2 N–H and O–H groups in total. The van der Waals surface area contributed by atoms with Gasteiger partial charge in [-0.1, -0.05) is 13.3 Å². The maximum Gasteiger partial charge on any atom is 0.0139 e. The average molecular weight is 119 g/mol. The molecule has 0 spiro atoms. The Morgan fingerprint density at radius 3 is 2.43 bits per heavy atom. The Morgan fingerprint density at radius 2 is 2.29 bits per heavy atom. The Labute approximate surface area is 50.7 Å². The van der Waals surface area contributed by atoms with E-state index in [0.29, 0.717) is 11.8 Å². The number of hydrogen-bond acceptors (Lipinski definition) is 2. The van der Waals surface area contributed by atoms with Crippen molar-refractivity contribution in [1.82, 2.24) is 0 Å². The summed E-state index contributed by atoms with van der Waals surface area (Å²) in [5.74, 6) is 0. The largest absolute Gasteiger partial charge is 0.329 e. The molecule has 0 aliphatic rings. The number of hydrogen-bond donors (Lipinski definition) is 2. The average Bonchev–Trinajstić information content (AvgIpc) is 1.68. The zero-order valence-corrected chi connectivity index (χ0v) is 5.62. The standard InChI is InChI=1S/C5H13NS/c1-2-3-5(7)4-6/h5,7H,2-4,6H2,1H3/t5-/m0/s1. The topological polar surface area (TPSA) is 26.0 Å². The quantitative estimate of drug-likeness (QED) is 0.533. The van der Waals surface area contributed by atoms with E-state index in [1.165, 1.54) is 6.42 Å². The highest BCUT2D eigenvalue weighted by atomic mass is 32.1. The highest BCUT2D eigenvalue weighted by Gasteiger charge is 1.93. The van der Waals surface area contributed by atoms with E-state index in [9.17, 15) is 0 Å². The van der Waals surface area contributed by atoms with Crippen LogP contribution in [0.4, 0.5) is 0 Å². The second-order valence-electron chi connectivity index (χ2n) is 1.68. The lowest BCUT2D eigenvalue weighted by molar-refractivity contribution is 0.748. The summed E-state index contributed by atoms with van der Waals surface area (Å²) in [6, 6.07) is 0. The first-order valence-corrected chi connectivity index (χ1v) is 3.21. The first-order chi connectivity index (χ1) is 3.31. The zero-order chi connectivity index (χ0) is 5.70. The fraction of sp³-hybridized carbons (Fsp3) is 1.00. The summed E-state index contributed by atoms with van der Waals surface area (Å²) in [5.41, 5.74) is 5.28. The molecule has 0 rings (SSSR count). The van der Waals surface area contributed by atoms with Crippen LogP contribution in [-0.2, 0) is 0 Å². The molecule has 0 aliphatic carbocycles. The van der Waals surface area contributed by atoms with Crippen molar-refractivity contribution in [3.63, 3.8) is 0 Å². The van der Waals surface area contributed by atoms with Gasteiger partial charge in [0.25, 0.3) is 0 Å². The summed E-state index contributed by atoms with van der Waals surface area (Å²) < 4.78 is 0. The van der Waals surface area contributed by atoms with Gasteiger partial charge in [-0.25, -0.2) is 0 Å². The molecule has 0 aromatic heterocycles. The monoisotopic (exact) mass is 119 g/mol. The van der Waals surface area contributed by atoms with Crippen molar-refractivity contribution in [3.05, 3.63) is 0 Å². The maximum absolute atomic E-state index is 5.28. The van der Waals surface area contributed by atoms with Crippen LogP contribution in [-0.4, -0.2) is 11.8 Å². The Hall–Kier alpha value is 0.310. The molecule has 2 heteroatoms. The molecule has 0 fully saturated rings. The first kappa shape index (κ1) is 7.31. The molecule has 1 nitrogen and oxygen atoms in total. The molecule has 0 unspecified atom stereocenters. The lowest BCUT2D eigenvalue weighted by Crippen LogP contribution is -2.13. The van der Waals surface area contributed by atoms with Gasteiger partial charge in [0.15, 0.2) is 0 Å². The molecule has 0 bridgehead atoms. The molecule has 44 valence electrons. The maximum atomic E-state index is 5.28. The van der Waals surface area contributed by atoms with Gasteiger partial charge >= 0.3 is 0 Å². The highest BCUT2D eigenvalue weighted by Crippen LogP contribution is 2.00. The van der Waals surface area contributed by atoms with Crippen LogP contribution in [0.3, 0.4) is 0 Å². The smallest absolute Gasteiger partial charge is 0.0139 e. The van der Waals surface area contributed by atoms with Gasteiger partial charge in [0.05, 0.1) is 0 Å². The molecule has 0 amide bonds. The normalized spacial score (nSPS) is 14.1. The molecule has 0 saturated carbocycles. The summed E-state index contributed by atoms with van der Waals surface area (Å²) in [6.07, 6.45) is 2.32. The van der Waals surface area contributed by atoms with Gasteiger partial charge < -0.3 is 5.73 Å². The third-order valence-corrected chi connectivity index (χ3v) is 1.36. The van der Waals surface area contributed by atoms with Crippen molar-refractivity contribution in [2.45, 2.75) is 25.0 Å². The van der Waals surface area contributed by atoms with Crippen LogP contribution in [0.15, 0.2) is 0 Å². The van der Waals surface area contributed by atoms with Crippen LogP contribution in [0, 0.1) is 0 Å². The number of nitrogens with two attached hydrogens (primary N) is 1. The summed E-state index contributed by atoms with van der Waals surface area (Å²) in [4.78, 5) is 0. The Morgan fingerprint density at radius 1 is 1.71 bits per heavy atom. The highest BCUT2D eigenvalue weighted by molar-refractivity contribution is 7.81. The Balaban J connectivity index is 2.83. The first-order valence-electron chi connectivity index (χ1n) is 2.69. The van der Waals surface area contributed by atoms with Crippen molar-refractivity contribution in [2.24, 2.45) is 5.73 Å². The van der Waals surface area contributed by atoms with E-state index in [1.807, 2.05) is 0 Å².